The van der Waals surface area contributed by atoms with Gasteiger partial charge in [0.2, 0.25) is 0 Å². The van der Waals surface area contributed by atoms with Crippen molar-refractivity contribution in [2.75, 3.05) is 11.9 Å². The smallest absolute Gasteiger partial charge is 0.338 e. The van der Waals surface area contributed by atoms with Crippen molar-refractivity contribution in [3.8, 4) is 5.75 Å². The Kier molecular flexibility index (Phi) is 6.52. The van der Waals surface area contributed by atoms with Crippen LogP contribution in [0.5, 0.6) is 5.75 Å². The van der Waals surface area contributed by atoms with E-state index in [1.165, 1.54) is 4.90 Å². The number of hydrogen-bond donors (Lipinski definition) is 2. The molecule has 3 aromatic rings. The van der Waals surface area contributed by atoms with E-state index >= 15 is 0 Å². The van der Waals surface area contributed by atoms with Crippen molar-refractivity contribution in [1.82, 2.24) is 4.90 Å². The minimum atomic E-state index is -0.413. The Balaban J connectivity index is 1.73. The van der Waals surface area contributed by atoms with Crippen LogP contribution < -0.4 is 5.32 Å². The molecule has 0 fully saturated rings. The van der Waals surface area contributed by atoms with Gasteiger partial charge < -0.3 is 24.5 Å². The van der Waals surface area contributed by atoms with Crippen molar-refractivity contribution < 1.29 is 23.8 Å². The lowest BCUT2D eigenvalue weighted by molar-refractivity contribution is 0.0526. The lowest BCUT2D eigenvalue weighted by atomic mass is 10.2. The number of nitrogens with zero attached hydrogens (tertiary/aromatic N) is 1. The third-order valence-corrected chi connectivity index (χ3v) is 4.21. The molecule has 7 nitrogen and oxygen atoms in total. The van der Waals surface area contributed by atoms with Crippen LogP contribution in [-0.2, 0) is 17.8 Å². The van der Waals surface area contributed by atoms with Crippen molar-refractivity contribution in [3.05, 3.63) is 83.8 Å². The number of phenols is 1. The number of rotatable bonds is 7. The third kappa shape index (κ3) is 5.38. The fourth-order valence-electron chi connectivity index (χ4n) is 2.75. The summed E-state index contributed by atoms with van der Waals surface area (Å²) in [5.74, 6) is 0.320. The number of amides is 2. The van der Waals surface area contributed by atoms with Crippen LogP contribution in [0.1, 0.15) is 28.6 Å². The van der Waals surface area contributed by atoms with E-state index in [2.05, 4.69) is 5.32 Å². The van der Waals surface area contributed by atoms with Crippen LogP contribution in [0.2, 0.25) is 0 Å². The van der Waals surface area contributed by atoms with E-state index in [1.54, 1.807) is 73.9 Å². The quantitative estimate of drug-likeness (QED) is 0.580. The molecule has 150 valence electrons. The molecule has 0 aliphatic heterocycles. The maximum absolute atomic E-state index is 12.9. The average molecular weight is 394 g/mol. The molecule has 0 unspecified atom stereocenters. The van der Waals surface area contributed by atoms with Gasteiger partial charge in [0.05, 0.1) is 31.5 Å². The van der Waals surface area contributed by atoms with Crippen LogP contribution in [0.4, 0.5) is 10.5 Å². The molecule has 0 radical (unpaired) electrons. The number of carbonyl (C=O) groups is 2. The number of esters is 1. The van der Waals surface area contributed by atoms with E-state index in [9.17, 15) is 14.7 Å². The van der Waals surface area contributed by atoms with E-state index < -0.39 is 5.97 Å². The van der Waals surface area contributed by atoms with Crippen LogP contribution in [0.15, 0.2) is 71.3 Å². The maximum atomic E-state index is 12.9. The number of benzene rings is 2. The molecule has 0 saturated carbocycles. The van der Waals surface area contributed by atoms with Gasteiger partial charge in [0.25, 0.3) is 0 Å². The van der Waals surface area contributed by atoms with Gasteiger partial charge in [-0.15, -0.1) is 0 Å². The largest absolute Gasteiger partial charge is 0.508 e. The molecule has 0 bridgehead atoms. The van der Waals surface area contributed by atoms with Crippen molar-refractivity contribution >= 4 is 17.7 Å². The zero-order valence-corrected chi connectivity index (χ0v) is 16.0. The fourth-order valence-corrected chi connectivity index (χ4v) is 2.75. The van der Waals surface area contributed by atoms with Gasteiger partial charge in [-0.2, -0.15) is 0 Å². The van der Waals surface area contributed by atoms with Crippen LogP contribution in [0, 0.1) is 0 Å². The van der Waals surface area contributed by atoms with Gasteiger partial charge in [0.1, 0.15) is 11.5 Å². The number of ether oxygens (including phenoxy) is 1. The number of furan rings is 1. The zero-order valence-electron chi connectivity index (χ0n) is 16.0. The van der Waals surface area contributed by atoms with Crippen LogP contribution in [0.25, 0.3) is 0 Å². The highest BCUT2D eigenvalue weighted by Gasteiger charge is 2.18. The predicted octanol–water partition coefficient (Wildman–Crippen LogP) is 4.40. The van der Waals surface area contributed by atoms with Gasteiger partial charge in [-0.1, -0.05) is 18.2 Å². The zero-order chi connectivity index (χ0) is 20.6. The van der Waals surface area contributed by atoms with E-state index in [4.69, 9.17) is 9.15 Å². The van der Waals surface area contributed by atoms with Crippen molar-refractivity contribution in [3.63, 3.8) is 0 Å². The molecule has 0 aliphatic carbocycles. The lowest BCUT2D eigenvalue weighted by Gasteiger charge is -2.23. The van der Waals surface area contributed by atoms with Gasteiger partial charge in [-0.3, -0.25) is 0 Å². The third-order valence-electron chi connectivity index (χ3n) is 4.21. The first-order chi connectivity index (χ1) is 14.1. The van der Waals surface area contributed by atoms with Gasteiger partial charge in [-0.05, 0) is 49.4 Å². The second-order valence-electron chi connectivity index (χ2n) is 6.29. The molecule has 2 amide bonds. The summed E-state index contributed by atoms with van der Waals surface area (Å²) in [5, 5.41) is 12.9. The minimum absolute atomic E-state index is 0.114. The summed E-state index contributed by atoms with van der Waals surface area (Å²) in [4.78, 5) is 26.1. The molecule has 29 heavy (non-hydrogen) atoms. The number of nitrogens with one attached hydrogen (secondary N) is 1. The summed E-state index contributed by atoms with van der Waals surface area (Å²) < 4.78 is 10.3. The molecule has 3 rings (SSSR count). The average Bonchev–Trinajstić information content (AvgIpc) is 3.23. The summed E-state index contributed by atoms with van der Waals surface area (Å²) >= 11 is 0. The number of anilines is 1. The molecule has 1 heterocycles. The van der Waals surface area contributed by atoms with Gasteiger partial charge in [-0.25, -0.2) is 9.59 Å². The number of aromatic hydroxyl groups is 1. The predicted molar refractivity (Wildman–Crippen MR) is 107 cm³/mol. The molecule has 0 saturated heterocycles. The van der Waals surface area contributed by atoms with Crippen molar-refractivity contribution in [2.24, 2.45) is 0 Å². The monoisotopic (exact) mass is 394 g/mol. The Hall–Kier alpha value is -3.74. The summed E-state index contributed by atoms with van der Waals surface area (Å²) in [5.41, 5.74) is 1.56. The molecule has 7 heteroatoms. The molecule has 1 aromatic heterocycles. The Labute approximate surface area is 168 Å². The maximum Gasteiger partial charge on any atom is 0.338 e. The summed E-state index contributed by atoms with van der Waals surface area (Å²) in [7, 11) is 0. The molecule has 0 atom stereocenters. The molecule has 0 spiro atoms. The molecule has 0 aliphatic rings. The summed E-state index contributed by atoms with van der Waals surface area (Å²) in [6.45, 7) is 2.46. The number of carbonyl (C=O) groups excluding carboxylic acids is 2. The van der Waals surface area contributed by atoms with Crippen LogP contribution in [-0.4, -0.2) is 28.6 Å². The van der Waals surface area contributed by atoms with E-state index in [1.807, 2.05) is 0 Å². The topological polar surface area (TPSA) is 92.0 Å². The second-order valence-corrected chi connectivity index (χ2v) is 6.29. The van der Waals surface area contributed by atoms with E-state index in [0.29, 0.717) is 29.2 Å². The van der Waals surface area contributed by atoms with Crippen LogP contribution in [0.3, 0.4) is 0 Å². The SMILES string of the molecule is CCOC(=O)c1ccc(NC(=O)N(Cc2ccco2)Cc2ccccc2O)cc1. The first-order valence-corrected chi connectivity index (χ1v) is 9.19. The van der Waals surface area contributed by atoms with Gasteiger partial charge in [0.15, 0.2) is 0 Å². The molecular formula is C22H22N2O5. The van der Waals surface area contributed by atoms with E-state index in [-0.39, 0.29) is 24.9 Å². The fraction of sp³-hybridized carbons (Fsp3) is 0.182. The first kappa shape index (κ1) is 20.0. The second kappa shape index (κ2) is 9.45. The Bertz CT molecular complexity index is 952. The highest BCUT2D eigenvalue weighted by molar-refractivity contribution is 5.92. The normalized spacial score (nSPS) is 10.4. The van der Waals surface area contributed by atoms with Crippen molar-refractivity contribution in [2.45, 2.75) is 20.0 Å². The van der Waals surface area contributed by atoms with Crippen LogP contribution >= 0.6 is 0 Å². The minimum Gasteiger partial charge on any atom is -0.508 e. The lowest BCUT2D eigenvalue weighted by Crippen LogP contribution is -2.34. The number of hydrogen-bond acceptors (Lipinski definition) is 5. The number of phenolic OH excluding ortho intramolecular Hbond substituents is 1. The van der Waals surface area contributed by atoms with Crippen molar-refractivity contribution in [1.29, 1.82) is 0 Å². The Morgan fingerprint density at radius 1 is 1.03 bits per heavy atom. The highest BCUT2D eigenvalue weighted by atomic mass is 16.5. The highest BCUT2D eigenvalue weighted by Crippen LogP contribution is 2.20. The standard InChI is InChI=1S/C22H22N2O5/c1-2-28-21(26)16-9-11-18(12-10-16)23-22(27)24(15-19-7-5-13-29-19)14-17-6-3-4-8-20(17)25/h3-13,25H,2,14-15H2,1H3,(H,23,27). The van der Waals surface area contributed by atoms with E-state index in [0.717, 1.165) is 0 Å². The molecule has 2 aromatic carbocycles. The van der Waals surface area contributed by atoms with Gasteiger partial charge in [0, 0.05) is 11.3 Å². The number of para-hydroxylation sites is 1. The number of urea groups is 1. The first-order valence-electron chi connectivity index (χ1n) is 9.19. The Morgan fingerprint density at radius 2 is 1.79 bits per heavy atom. The Morgan fingerprint density at radius 3 is 2.45 bits per heavy atom. The van der Waals surface area contributed by atoms with Gasteiger partial charge >= 0.3 is 12.0 Å². The molecule has 2 N–H and O–H groups in total. The summed E-state index contributed by atoms with van der Waals surface area (Å²) in [6.07, 6.45) is 1.54. The summed E-state index contributed by atoms with van der Waals surface area (Å²) in [6, 6.07) is 16.5. The molecular weight excluding hydrogens is 372 g/mol.